The molecule has 0 aliphatic heterocycles. The lowest BCUT2D eigenvalue weighted by Crippen LogP contribution is -2.32. The Labute approximate surface area is 92.3 Å². The molecule has 0 heterocycles. The van der Waals surface area contributed by atoms with Crippen molar-refractivity contribution in [2.75, 3.05) is 6.54 Å². The molecule has 0 bridgehead atoms. The molecule has 0 aromatic rings. The first kappa shape index (κ1) is 12.5. The average molecular weight is 213 g/mol. The van der Waals surface area contributed by atoms with E-state index in [1.165, 1.54) is 0 Å². The van der Waals surface area contributed by atoms with Crippen LogP contribution in [-0.4, -0.2) is 23.7 Å². The van der Waals surface area contributed by atoms with E-state index in [1.807, 2.05) is 0 Å². The second-order valence-corrected chi connectivity index (χ2v) is 4.52. The van der Waals surface area contributed by atoms with Gasteiger partial charge in [0.05, 0.1) is 6.10 Å². The van der Waals surface area contributed by atoms with Crippen LogP contribution in [0.2, 0.25) is 0 Å². The van der Waals surface area contributed by atoms with Gasteiger partial charge < -0.3 is 10.4 Å². The monoisotopic (exact) mass is 213 g/mol. The maximum absolute atomic E-state index is 11.4. The number of nitrogens with one attached hydrogen (secondary N) is 1. The van der Waals surface area contributed by atoms with Crippen LogP contribution in [0.25, 0.3) is 0 Å². The molecule has 1 saturated carbocycles. The van der Waals surface area contributed by atoms with Crippen molar-refractivity contribution in [2.45, 2.75) is 58.0 Å². The first-order valence-electron chi connectivity index (χ1n) is 6.18. The molecule has 15 heavy (non-hydrogen) atoms. The average Bonchev–Trinajstić information content (AvgIpc) is 2.61. The largest absolute Gasteiger partial charge is 0.393 e. The summed E-state index contributed by atoms with van der Waals surface area (Å²) < 4.78 is 0. The second-order valence-electron chi connectivity index (χ2n) is 4.52. The Hall–Kier alpha value is -0.570. The van der Waals surface area contributed by atoms with Gasteiger partial charge in [-0.05, 0) is 19.3 Å². The molecule has 0 spiro atoms. The van der Waals surface area contributed by atoms with E-state index < -0.39 is 0 Å². The molecule has 0 aromatic carbocycles. The normalized spacial score (nSPS) is 25.5. The number of hydrogen-bond donors (Lipinski definition) is 2. The van der Waals surface area contributed by atoms with Crippen molar-refractivity contribution in [1.82, 2.24) is 5.32 Å². The minimum atomic E-state index is -0.194. The van der Waals surface area contributed by atoms with E-state index in [1.54, 1.807) is 0 Å². The number of hydrogen-bond acceptors (Lipinski definition) is 2. The Bertz CT molecular complexity index is 194. The van der Waals surface area contributed by atoms with Gasteiger partial charge in [-0.25, -0.2) is 0 Å². The molecule has 2 atom stereocenters. The maximum atomic E-state index is 11.4. The van der Waals surface area contributed by atoms with Crippen LogP contribution >= 0.6 is 0 Å². The first-order valence-corrected chi connectivity index (χ1v) is 6.18. The smallest absolute Gasteiger partial charge is 0.220 e. The SMILES string of the molecule is CCCCCC(=O)NCC1CCCC1O. The first-order chi connectivity index (χ1) is 7.24. The minimum absolute atomic E-state index is 0.141. The number of amides is 1. The van der Waals surface area contributed by atoms with Crippen LogP contribution in [0.3, 0.4) is 0 Å². The van der Waals surface area contributed by atoms with Gasteiger partial charge in [-0.2, -0.15) is 0 Å². The van der Waals surface area contributed by atoms with E-state index >= 15 is 0 Å². The Kier molecular flexibility index (Phi) is 5.69. The zero-order chi connectivity index (χ0) is 11.1. The third-order valence-corrected chi connectivity index (χ3v) is 3.19. The van der Waals surface area contributed by atoms with Crippen LogP contribution in [-0.2, 0) is 4.79 Å². The van der Waals surface area contributed by atoms with Crippen LogP contribution in [0.5, 0.6) is 0 Å². The highest BCUT2D eigenvalue weighted by molar-refractivity contribution is 5.75. The molecular weight excluding hydrogens is 190 g/mol. The summed E-state index contributed by atoms with van der Waals surface area (Å²) in [5.74, 6) is 0.433. The van der Waals surface area contributed by atoms with Gasteiger partial charge in [-0.1, -0.05) is 26.2 Å². The number of rotatable bonds is 6. The van der Waals surface area contributed by atoms with E-state index in [0.717, 1.165) is 38.5 Å². The summed E-state index contributed by atoms with van der Waals surface area (Å²) in [4.78, 5) is 11.4. The van der Waals surface area contributed by atoms with Gasteiger partial charge in [0.25, 0.3) is 0 Å². The van der Waals surface area contributed by atoms with Crippen molar-refractivity contribution in [3.63, 3.8) is 0 Å². The predicted octanol–water partition coefficient (Wildman–Crippen LogP) is 1.84. The van der Waals surface area contributed by atoms with Crippen molar-refractivity contribution in [3.05, 3.63) is 0 Å². The van der Waals surface area contributed by atoms with Gasteiger partial charge in [-0.15, -0.1) is 0 Å². The van der Waals surface area contributed by atoms with E-state index in [0.29, 0.717) is 18.9 Å². The van der Waals surface area contributed by atoms with Crippen LogP contribution < -0.4 is 5.32 Å². The zero-order valence-corrected chi connectivity index (χ0v) is 9.67. The summed E-state index contributed by atoms with van der Waals surface area (Å²) in [7, 11) is 0. The van der Waals surface area contributed by atoms with Crippen LogP contribution in [0.4, 0.5) is 0 Å². The van der Waals surface area contributed by atoms with Gasteiger partial charge in [0.2, 0.25) is 5.91 Å². The summed E-state index contributed by atoms with van der Waals surface area (Å²) in [6.07, 6.45) is 6.74. The molecular formula is C12H23NO2. The van der Waals surface area contributed by atoms with E-state index in [4.69, 9.17) is 0 Å². The van der Waals surface area contributed by atoms with E-state index in [2.05, 4.69) is 12.2 Å². The van der Waals surface area contributed by atoms with Crippen molar-refractivity contribution >= 4 is 5.91 Å². The van der Waals surface area contributed by atoms with Gasteiger partial charge in [0.1, 0.15) is 0 Å². The molecule has 2 unspecified atom stereocenters. The Morgan fingerprint density at radius 2 is 2.20 bits per heavy atom. The molecule has 0 aromatic heterocycles. The highest BCUT2D eigenvalue weighted by Gasteiger charge is 2.25. The van der Waals surface area contributed by atoms with Crippen molar-refractivity contribution in [2.24, 2.45) is 5.92 Å². The van der Waals surface area contributed by atoms with Crippen molar-refractivity contribution in [1.29, 1.82) is 0 Å². The van der Waals surface area contributed by atoms with E-state index in [-0.39, 0.29) is 12.0 Å². The van der Waals surface area contributed by atoms with E-state index in [9.17, 15) is 9.90 Å². The molecule has 1 rings (SSSR count). The third-order valence-electron chi connectivity index (χ3n) is 3.19. The second kappa shape index (κ2) is 6.83. The zero-order valence-electron chi connectivity index (χ0n) is 9.67. The standard InChI is InChI=1S/C12H23NO2/c1-2-3-4-8-12(15)13-9-10-6-5-7-11(10)14/h10-11,14H,2-9H2,1H3,(H,13,15). The minimum Gasteiger partial charge on any atom is -0.393 e. The number of aliphatic hydroxyl groups excluding tert-OH is 1. The Balaban J connectivity index is 2.05. The summed E-state index contributed by atoms with van der Waals surface area (Å²) in [5, 5.41) is 12.5. The maximum Gasteiger partial charge on any atom is 0.220 e. The molecule has 3 nitrogen and oxygen atoms in total. The molecule has 1 amide bonds. The van der Waals surface area contributed by atoms with Gasteiger partial charge in [-0.3, -0.25) is 4.79 Å². The lowest BCUT2D eigenvalue weighted by Gasteiger charge is -2.14. The molecule has 1 aliphatic rings. The Morgan fingerprint density at radius 3 is 2.80 bits per heavy atom. The molecule has 2 N–H and O–H groups in total. The highest BCUT2D eigenvalue weighted by atomic mass is 16.3. The lowest BCUT2D eigenvalue weighted by atomic mass is 10.1. The summed E-state index contributed by atoms with van der Waals surface area (Å²) in [6, 6.07) is 0. The lowest BCUT2D eigenvalue weighted by molar-refractivity contribution is -0.121. The third kappa shape index (κ3) is 4.65. The molecule has 0 radical (unpaired) electrons. The molecule has 0 saturated heterocycles. The quantitative estimate of drug-likeness (QED) is 0.661. The molecule has 1 fully saturated rings. The summed E-state index contributed by atoms with van der Waals surface area (Å²) >= 11 is 0. The van der Waals surface area contributed by atoms with Crippen molar-refractivity contribution in [3.8, 4) is 0 Å². The number of aliphatic hydroxyl groups is 1. The highest BCUT2D eigenvalue weighted by Crippen LogP contribution is 2.24. The Morgan fingerprint density at radius 1 is 1.40 bits per heavy atom. The van der Waals surface area contributed by atoms with Crippen LogP contribution in [0, 0.1) is 5.92 Å². The number of carbonyl (C=O) groups is 1. The fourth-order valence-corrected chi connectivity index (χ4v) is 2.12. The molecule has 1 aliphatic carbocycles. The number of carbonyl (C=O) groups excluding carboxylic acids is 1. The predicted molar refractivity (Wildman–Crippen MR) is 60.5 cm³/mol. The van der Waals surface area contributed by atoms with Gasteiger partial charge in [0.15, 0.2) is 0 Å². The summed E-state index contributed by atoms with van der Waals surface area (Å²) in [5.41, 5.74) is 0. The molecule has 88 valence electrons. The van der Waals surface area contributed by atoms with Crippen LogP contribution in [0.1, 0.15) is 51.9 Å². The van der Waals surface area contributed by atoms with Crippen molar-refractivity contribution < 1.29 is 9.90 Å². The van der Waals surface area contributed by atoms with Crippen LogP contribution in [0.15, 0.2) is 0 Å². The number of unbranched alkanes of at least 4 members (excludes halogenated alkanes) is 2. The molecule has 3 heteroatoms. The van der Waals surface area contributed by atoms with Gasteiger partial charge in [0, 0.05) is 18.9 Å². The topological polar surface area (TPSA) is 49.3 Å². The fraction of sp³-hybridized carbons (Fsp3) is 0.917. The fourth-order valence-electron chi connectivity index (χ4n) is 2.12. The summed E-state index contributed by atoms with van der Waals surface area (Å²) in [6.45, 7) is 2.79. The van der Waals surface area contributed by atoms with Gasteiger partial charge >= 0.3 is 0 Å².